The maximum atomic E-state index is 11.7. The summed E-state index contributed by atoms with van der Waals surface area (Å²) in [5, 5.41) is 8.34. The van der Waals surface area contributed by atoms with Gasteiger partial charge in [0.25, 0.3) is 11.8 Å². The molecular weight excluding hydrogens is 234 g/mol. The van der Waals surface area contributed by atoms with Crippen molar-refractivity contribution >= 4 is 28.7 Å². The third-order valence-corrected chi connectivity index (χ3v) is 2.63. The lowest BCUT2D eigenvalue weighted by Crippen LogP contribution is -2.36. The average Bonchev–Trinajstić information content (AvgIpc) is 2.89. The van der Waals surface area contributed by atoms with Gasteiger partial charge in [0.15, 0.2) is 5.65 Å². The molecule has 0 atom stereocenters. The van der Waals surface area contributed by atoms with Crippen molar-refractivity contribution in [1.82, 2.24) is 20.2 Å². The van der Waals surface area contributed by atoms with Crippen molar-refractivity contribution in [3.63, 3.8) is 0 Å². The summed E-state index contributed by atoms with van der Waals surface area (Å²) in [5.74, 6) is -0.368. The molecule has 0 unspecified atom stereocenters. The van der Waals surface area contributed by atoms with Gasteiger partial charge in [-0.2, -0.15) is 10.1 Å². The molecule has 1 aliphatic rings. The molecular formula is C11H9N5O2. The highest BCUT2D eigenvalue weighted by atomic mass is 16.2. The van der Waals surface area contributed by atoms with E-state index < -0.39 is 5.91 Å². The number of H-pyrrole nitrogens is 1. The maximum absolute atomic E-state index is 11.7. The molecule has 90 valence electrons. The van der Waals surface area contributed by atoms with Gasteiger partial charge in [-0.15, -0.1) is 0 Å². The lowest BCUT2D eigenvalue weighted by molar-refractivity contribution is -0.135. The number of nitrogens with one attached hydrogen (secondary N) is 2. The Hall–Kier alpha value is -2.70. The van der Waals surface area contributed by atoms with E-state index in [-0.39, 0.29) is 5.91 Å². The quantitative estimate of drug-likeness (QED) is 0.754. The van der Waals surface area contributed by atoms with Gasteiger partial charge in [-0.25, -0.2) is 4.98 Å². The Morgan fingerprint density at radius 1 is 1.33 bits per heavy atom. The fourth-order valence-electron chi connectivity index (χ4n) is 1.70. The van der Waals surface area contributed by atoms with Crippen molar-refractivity contribution in [2.24, 2.45) is 0 Å². The van der Waals surface area contributed by atoms with Gasteiger partial charge < -0.3 is 0 Å². The van der Waals surface area contributed by atoms with E-state index in [9.17, 15) is 9.59 Å². The van der Waals surface area contributed by atoms with Crippen LogP contribution >= 0.6 is 0 Å². The SMILES string of the molecule is CC1=CC(=O)N(Nc2ccc3cn[nH]c3n2)C1=O. The number of anilines is 1. The number of fused-ring (bicyclic) bond motifs is 1. The van der Waals surface area contributed by atoms with Crippen LogP contribution in [0.1, 0.15) is 6.92 Å². The van der Waals surface area contributed by atoms with Crippen molar-refractivity contribution in [3.05, 3.63) is 30.0 Å². The molecule has 0 spiro atoms. The lowest BCUT2D eigenvalue weighted by atomic mass is 10.3. The van der Waals surface area contributed by atoms with Gasteiger partial charge in [0.05, 0.1) is 6.20 Å². The van der Waals surface area contributed by atoms with E-state index in [0.29, 0.717) is 17.0 Å². The summed E-state index contributed by atoms with van der Waals surface area (Å²) in [6, 6.07) is 3.46. The summed E-state index contributed by atoms with van der Waals surface area (Å²) in [5.41, 5.74) is 3.66. The Morgan fingerprint density at radius 3 is 2.89 bits per heavy atom. The Balaban J connectivity index is 1.88. The first-order valence-electron chi connectivity index (χ1n) is 5.28. The van der Waals surface area contributed by atoms with E-state index in [2.05, 4.69) is 20.6 Å². The van der Waals surface area contributed by atoms with Crippen molar-refractivity contribution < 1.29 is 9.59 Å². The number of nitrogens with zero attached hydrogens (tertiary/aromatic N) is 3. The smallest absolute Gasteiger partial charge is 0.271 e. The maximum Gasteiger partial charge on any atom is 0.275 e. The van der Waals surface area contributed by atoms with Gasteiger partial charge >= 0.3 is 0 Å². The zero-order valence-corrected chi connectivity index (χ0v) is 9.47. The number of hydrogen-bond acceptors (Lipinski definition) is 5. The van der Waals surface area contributed by atoms with Crippen LogP contribution in [-0.4, -0.2) is 32.0 Å². The minimum Gasteiger partial charge on any atom is -0.271 e. The van der Waals surface area contributed by atoms with Crippen LogP contribution in [0.2, 0.25) is 0 Å². The van der Waals surface area contributed by atoms with E-state index in [0.717, 1.165) is 10.4 Å². The van der Waals surface area contributed by atoms with Crippen molar-refractivity contribution in [2.75, 3.05) is 5.43 Å². The molecule has 0 fully saturated rings. The van der Waals surface area contributed by atoms with Crippen LogP contribution in [-0.2, 0) is 9.59 Å². The molecule has 2 amide bonds. The number of aromatic amines is 1. The topological polar surface area (TPSA) is 91.0 Å². The van der Waals surface area contributed by atoms with E-state index in [1.165, 1.54) is 6.08 Å². The van der Waals surface area contributed by atoms with E-state index in [1.807, 2.05) is 0 Å². The number of imide groups is 1. The first-order chi connectivity index (χ1) is 8.65. The molecule has 0 aromatic carbocycles. The Morgan fingerprint density at radius 2 is 2.17 bits per heavy atom. The van der Waals surface area contributed by atoms with Crippen LogP contribution in [0, 0.1) is 0 Å². The number of carbonyl (C=O) groups is 2. The number of rotatable bonds is 2. The zero-order valence-electron chi connectivity index (χ0n) is 9.47. The summed E-state index contributed by atoms with van der Waals surface area (Å²) in [6.07, 6.45) is 2.92. The van der Waals surface area contributed by atoms with Crippen molar-refractivity contribution in [3.8, 4) is 0 Å². The second kappa shape index (κ2) is 3.66. The van der Waals surface area contributed by atoms with Crippen molar-refractivity contribution in [1.29, 1.82) is 0 Å². The fourth-order valence-corrected chi connectivity index (χ4v) is 1.70. The van der Waals surface area contributed by atoms with Gasteiger partial charge in [-0.05, 0) is 19.1 Å². The molecule has 2 aromatic heterocycles. The molecule has 7 nitrogen and oxygen atoms in total. The third-order valence-electron chi connectivity index (χ3n) is 2.63. The molecule has 18 heavy (non-hydrogen) atoms. The van der Waals surface area contributed by atoms with Gasteiger partial charge in [-0.3, -0.25) is 20.1 Å². The molecule has 0 radical (unpaired) electrons. The number of pyridine rings is 1. The molecule has 2 aromatic rings. The summed E-state index contributed by atoms with van der Waals surface area (Å²) < 4.78 is 0. The van der Waals surface area contributed by atoms with Crippen LogP contribution < -0.4 is 5.43 Å². The molecule has 1 aliphatic heterocycles. The van der Waals surface area contributed by atoms with E-state index in [1.54, 1.807) is 25.3 Å². The highest BCUT2D eigenvalue weighted by Crippen LogP contribution is 2.16. The molecule has 0 bridgehead atoms. The number of hydrazine groups is 1. The Labute approximate surface area is 101 Å². The van der Waals surface area contributed by atoms with E-state index >= 15 is 0 Å². The number of carbonyl (C=O) groups excluding carboxylic acids is 2. The van der Waals surface area contributed by atoms with Gasteiger partial charge in [0.2, 0.25) is 0 Å². The summed E-state index contributed by atoms with van der Waals surface area (Å²) >= 11 is 0. The molecule has 7 heteroatoms. The van der Waals surface area contributed by atoms with Gasteiger partial charge in [0.1, 0.15) is 5.82 Å². The molecule has 3 rings (SSSR count). The minimum atomic E-state index is -0.399. The summed E-state index contributed by atoms with van der Waals surface area (Å²) in [7, 11) is 0. The van der Waals surface area contributed by atoms with Crippen LogP contribution in [0.25, 0.3) is 11.0 Å². The van der Waals surface area contributed by atoms with E-state index in [4.69, 9.17) is 0 Å². The highest BCUT2D eigenvalue weighted by Gasteiger charge is 2.28. The first-order valence-corrected chi connectivity index (χ1v) is 5.28. The second-order valence-electron chi connectivity index (χ2n) is 3.92. The largest absolute Gasteiger partial charge is 0.275 e. The molecule has 3 heterocycles. The number of amides is 2. The first kappa shape index (κ1) is 10.5. The Bertz CT molecular complexity index is 688. The van der Waals surface area contributed by atoms with Gasteiger partial charge in [-0.1, -0.05) is 0 Å². The van der Waals surface area contributed by atoms with Gasteiger partial charge in [0, 0.05) is 17.0 Å². The summed E-state index contributed by atoms with van der Waals surface area (Å²) in [4.78, 5) is 27.4. The predicted octanol–water partition coefficient (Wildman–Crippen LogP) is 0.600. The molecule has 0 aliphatic carbocycles. The third kappa shape index (κ3) is 1.53. The second-order valence-corrected chi connectivity index (χ2v) is 3.92. The highest BCUT2D eigenvalue weighted by molar-refractivity contribution is 6.16. The fraction of sp³-hybridized carbons (Fsp3) is 0.0909. The van der Waals surface area contributed by atoms with Crippen LogP contribution in [0.4, 0.5) is 5.82 Å². The molecule has 0 saturated heterocycles. The average molecular weight is 243 g/mol. The minimum absolute atomic E-state index is 0.369. The van der Waals surface area contributed by atoms with Crippen LogP contribution in [0.3, 0.4) is 0 Å². The van der Waals surface area contributed by atoms with Crippen LogP contribution in [0.15, 0.2) is 30.0 Å². The monoisotopic (exact) mass is 243 g/mol. The Kier molecular flexibility index (Phi) is 2.12. The predicted molar refractivity (Wildman–Crippen MR) is 63.1 cm³/mol. The molecule has 0 saturated carbocycles. The number of aromatic nitrogens is 3. The molecule has 2 N–H and O–H groups in total. The summed E-state index contributed by atoms with van der Waals surface area (Å²) in [6.45, 7) is 1.59. The standard InChI is InChI=1S/C11H9N5O2/c1-6-4-9(17)16(11(6)18)15-8-3-2-7-5-12-14-10(7)13-8/h2-5H,1H3,(H2,12,13,14,15). The zero-order chi connectivity index (χ0) is 12.7. The lowest BCUT2D eigenvalue weighted by Gasteiger charge is -2.15. The van der Waals surface area contributed by atoms with Crippen LogP contribution in [0.5, 0.6) is 0 Å². The van der Waals surface area contributed by atoms with Crippen molar-refractivity contribution in [2.45, 2.75) is 6.92 Å². The normalized spacial score (nSPS) is 15.4. The number of hydrogen-bond donors (Lipinski definition) is 2.